The molecule has 0 saturated carbocycles. The number of nitrogens with one attached hydrogen (secondary N) is 2. The Morgan fingerprint density at radius 2 is 2.09 bits per heavy atom. The van der Waals surface area contributed by atoms with Crippen molar-refractivity contribution in [2.45, 2.75) is 31.2 Å². The molecule has 32 heavy (non-hydrogen) atoms. The average molecular weight is 481 g/mol. The van der Waals surface area contributed by atoms with Gasteiger partial charge < -0.3 is 25.2 Å². The molecule has 0 radical (unpaired) electrons. The number of halogens is 3. The van der Waals surface area contributed by atoms with Crippen molar-refractivity contribution in [3.05, 3.63) is 69.6 Å². The summed E-state index contributed by atoms with van der Waals surface area (Å²) >= 11 is 11.5. The molecule has 168 valence electrons. The first-order valence-corrected chi connectivity index (χ1v) is 10.5. The summed E-state index contributed by atoms with van der Waals surface area (Å²) in [6, 6.07) is 8.33. The van der Waals surface area contributed by atoms with E-state index in [2.05, 4.69) is 10.6 Å². The summed E-state index contributed by atoms with van der Waals surface area (Å²) in [5.41, 5.74) is -0.548. The summed E-state index contributed by atoms with van der Waals surface area (Å²) in [6.45, 7) is 1.20. The molecule has 1 aliphatic carbocycles. The molecular weight excluding hydrogens is 462 g/mol. The summed E-state index contributed by atoms with van der Waals surface area (Å²) < 4.78 is 24.4. The molecule has 2 aromatic carbocycles. The van der Waals surface area contributed by atoms with Crippen LogP contribution in [0.3, 0.4) is 0 Å². The lowest BCUT2D eigenvalue weighted by Gasteiger charge is -2.34. The number of hydrogen-bond acceptors (Lipinski definition) is 6. The number of aliphatic hydroxyl groups is 1. The number of carbonyl (C=O) groups is 2. The molecular formula is C22H19Cl2FN2O5. The zero-order valence-corrected chi connectivity index (χ0v) is 18.3. The van der Waals surface area contributed by atoms with Crippen LogP contribution in [0, 0.1) is 5.82 Å². The van der Waals surface area contributed by atoms with E-state index in [4.69, 9.17) is 32.7 Å². The highest BCUT2D eigenvalue weighted by Crippen LogP contribution is 2.38. The van der Waals surface area contributed by atoms with E-state index in [1.165, 1.54) is 25.1 Å². The first-order valence-electron chi connectivity index (χ1n) is 9.71. The van der Waals surface area contributed by atoms with Crippen molar-refractivity contribution in [3.63, 3.8) is 0 Å². The molecule has 1 aliphatic heterocycles. The molecule has 1 heterocycles. The smallest absolute Gasteiger partial charge is 0.258 e. The van der Waals surface area contributed by atoms with E-state index in [1.807, 2.05) is 0 Å². The second-order valence-electron chi connectivity index (χ2n) is 7.66. The van der Waals surface area contributed by atoms with Crippen molar-refractivity contribution >= 4 is 34.9 Å². The van der Waals surface area contributed by atoms with E-state index < -0.39 is 23.6 Å². The van der Waals surface area contributed by atoms with E-state index >= 15 is 0 Å². The fourth-order valence-corrected chi connectivity index (χ4v) is 3.70. The predicted molar refractivity (Wildman–Crippen MR) is 115 cm³/mol. The van der Waals surface area contributed by atoms with Crippen LogP contribution in [0.15, 0.2) is 48.2 Å². The molecule has 3 atom stereocenters. The number of Topliss-reactive ketones (excluding diaryl/α,β-unsaturated/α-hetero) is 1. The number of ether oxygens (including phenoxy) is 2. The van der Waals surface area contributed by atoms with Crippen molar-refractivity contribution in [2.75, 3.05) is 6.61 Å². The summed E-state index contributed by atoms with van der Waals surface area (Å²) in [6.07, 6.45) is 0.810. The van der Waals surface area contributed by atoms with E-state index in [9.17, 15) is 19.1 Å². The SMILES string of the molecule is C[C@]1(C(O)NC2=CC(NC(=O)COc3ccc(Cl)c(F)c3)C2)Oc2ccc(Cl)cc2C1=O. The van der Waals surface area contributed by atoms with Crippen LogP contribution in [-0.4, -0.2) is 41.3 Å². The van der Waals surface area contributed by atoms with Gasteiger partial charge in [0, 0.05) is 23.2 Å². The van der Waals surface area contributed by atoms with Gasteiger partial charge in [-0.1, -0.05) is 23.2 Å². The lowest BCUT2D eigenvalue weighted by Crippen LogP contribution is -2.56. The first kappa shape index (κ1) is 22.4. The average Bonchev–Trinajstić information content (AvgIpc) is 2.98. The van der Waals surface area contributed by atoms with Crippen molar-refractivity contribution in [2.24, 2.45) is 0 Å². The highest BCUT2D eigenvalue weighted by Gasteiger charge is 2.50. The predicted octanol–water partition coefficient (Wildman–Crippen LogP) is 3.23. The molecule has 3 N–H and O–H groups in total. The molecule has 2 unspecified atom stereocenters. The number of rotatable bonds is 7. The fourth-order valence-electron chi connectivity index (χ4n) is 3.41. The standard InChI is InChI=1S/C22H19Cl2FN2O5/c1-22(20(29)15-6-11(23)2-5-18(15)32-22)21(30)27-13-7-12(8-13)26-19(28)10-31-14-3-4-16(24)17(25)9-14/h2-7,9,12,21,27,30H,8,10H2,1H3,(H,26,28)/t12?,21?,22-/m0/s1. The molecule has 1 amide bonds. The minimum Gasteiger partial charge on any atom is -0.484 e. The summed E-state index contributed by atoms with van der Waals surface area (Å²) in [4.78, 5) is 24.8. The Bertz CT molecular complexity index is 1130. The monoisotopic (exact) mass is 480 g/mol. The van der Waals surface area contributed by atoms with Crippen molar-refractivity contribution in [1.29, 1.82) is 0 Å². The number of ketones is 1. The molecule has 7 nitrogen and oxygen atoms in total. The summed E-state index contributed by atoms with van der Waals surface area (Å²) in [5.74, 6) is -0.861. The third-order valence-corrected chi connectivity index (χ3v) is 5.79. The van der Waals surface area contributed by atoms with E-state index in [0.717, 1.165) is 6.07 Å². The number of hydrogen-bond donors (Lipinski definition) is 3. The van der Waals surface area contributed by atoms with Crippen LogP contribution < -0.4 is 20.1 Å². The largest absolute Gasteiger partial charge is 0.484 e. The Kier molecular flexibility index (Phi) is 6.03. The molecule has 0 fully saturated rings. The lowest BCUT2D eigenvalue weighted by molar-refractivity contribution is -0.123. The normalized spacial score (nSPS) is 22.2. The third kappa shape index (κ3) is 4.39. The Balaban J connectivity index is 1.27. The maximum atomic E-state index is 13.4. The van der Waals surface area contributed by atoms with E-state index in [-0.39, 0.29) is 29.2 Å². The Labute approximate surface area is 193 Å². The van der Waals surface area contributed by atoms with Crippen molar-refractivity contribution < 1.29 is 28.6 Å². The number of fused-ring (bicyclic) bond motifs is 1. The van der Waals surface area contributed by atoms with Crippen LogP contribution in [0.2, 0.25) is 10.0 Å². The Morgan fingerprint density at radius 3 is 2.81 bits per heavy atom. The molecule has 0 bridgehead atoms. The number of aliphatic hydroxyl groups excluding tert-OH is 1. The Morgan fingerprint density at radius 1 is 1.34 bits per heavy atom. The second kappa shape index (κ2) is 8.61. The maximum absolute atomic E-state index is 13.4. The molecule has 0 aromatic heterocycles. The van der Waals surface area contributed by atoms with Crippen LogP contribution >= 0.6 is 23.2 Å². The van der Waals surface area contributed by atoms with Gasteiger partial charge in [0.25, 0.3) is 5.91 Å². The zero-order chi connectivity index (χ0) is 23.0. The molecule has 4 rings (SSSR count). The summed E-state index contributed by atoms with van der Waals surface area (Å²) in [5, 5.41) is 16.5. The van der Waals surface area contributed by atoms with Gasteiger partial charge in [-0.3, -0.25) is 9.59 Å². The second-order valence-corrected chi connectivity index (χ2v) is 8.50. The van der Waals surface area contributed by atoms with Gasteiger partial charge in [-0.05, 0) is 43.3 Å². The maximum Gasteiger partial charge on any atom is 0.258 e. The lowest BCUT2D eigenvalue weighted by atomic mass is 9.93. The van der Waals surface area contributed by atoms with Crippen LogP contribution in [0.25, 0.3) is 0 Å². The van der Waals surface area contributed by atoms with Gasteiger partial charge in [0.1, 0.15) is 17.3 Å². The summed E-state index contributed by atoms with van der Waals surface area (Å²) in [7, 11) is 0. The fraction of sp³-hybridized carbons (Fsp3) is 0.273. The number of benzene rings is 2. The zero-order valence-electron chi connectivity index (χ0n) is 16.8. The van der Waals surface area contributed by atoms with Crippen LogP contribution in [-0.2, 0) is 4.79 Å². The van der Waals surface area contributed by atoms with E-state index in [1.54, 1.807) is 18.2 Å². The quantitative estimate of drug-likeness (QED) is 0.526. The Hall–Kier alpha value is -2.81. The molecule has 0 spiro atoms. The van der Waals surface area contributed by atoms with Crippen LogP contribution in [0.1, 0.15) is 23.7 Å². The van der Waals surface area contributed by atoms with Crippen molar-refractivity contribution in [1.82, 2.24) is 10.6 Å². The third-order valence-electron chi connectivity index (χ3n) is 5.25. The van der Waals surface area contributed by atoms with Gasteiger partial charge >= 0.3 is 0 Å². The van der Waals surface area contributed by atoms with Gasteiger partial charge in [0.15, 0.2) is 12.8 Å². The minimum absolute atomic E-state index is 0.0325. The van der Waals surface area contributed by atoms with Gasteiger partial charge in [-0.15, -0.1) is 0 Å². The molecule has 2 aliphatic rings. The van der Waals surface area contributed by atoms with Crippen LogP contribution in [0.4, 0.5) is 4.39 Å². The topological polar surface area (TPSA) is 96.9 Å². The molecule has 0 saturated heterocycles. The van der Waals surface area contributed by atoms with Gasteiger partial charge in [0.2, 0.25) is 11.4 Å². The van der Waals surface area contributed by atoms with E-state index in [0.29, 0.717) is 28.5 Å². The van der Waals surface area contributed by atoms with Crippen LogP contribution in [0.5, 0.6) is 11.5 Å². The van der Waals surface area contributed by atoms with Gasteiger partial charge in [-0.2, -0.15) is 0 Å². The molecule has 2 aromatic rings. The van der Waals surface area contributed by atoms with Gasteiger partial charge in [0.05, 0.1) is 16.6 Å². The minimum atomic E-state index is -1.51. The van der Waals surface area contributed by atoms with Gasteiger partial charge in [-0.25, -0.2) is 4.39 Å². The first-order chi connectivity index (χ1) is 15.2. The number of amides is 1. The van der Waals surface area contributed by atoms with Crippen molar-refractivity contribution in [3.8, 4) is 11.5 Å². The number of carbonyl (C=O) groups excluding carboxylic acids is 2. The highest BCUT2D eigenvalue weighted by molar-refractivity contribution is 6.31. The molecule has 10 heteroatoms. The highest BCUT2D eigenvalue weighted by atomic mass is 35.5.